The fourth-order valence-electron chi connectivity index (χ4n) is 2.68. The van der Waals surface area contributed by atoms with E-state index in [9.17, 15) is 4.39 Å². The summed E-state index contributed by atoms with van der Waals surface area (Å²) in [5, 5.41) is 0. The molecule has 1 fully saturated rings. The van der Waals surface area contributed by atoms with Crippen molar-refractivity contribution in [3.63, 3.8) is 0 Å². The van der Waals surface area contributed by atoms with Crippen LogP contribution in [0.3, 0.4) is 0 Å². The number of nitrogens with two attached hydrogens (primary N) is 1. The predicted octanol–water partition coefficient (Wildman–Crippen LogP) is 3.50. The van der Waals surface area contributed by atoms with Crippen LogP contribution in [0.15, 0.2) is 18.2 Å². The summed E-state index contributed by atoms with van der Waals surface area (Å²) in [5.74, 6) is 0.295. The van der Waals surface area contributed by atoms with Gasteiger partial charge in [0.15, 0.2) is 0 Å². The third kappa shape index (κ3) is 1.86. The van der Waals surface area contributed by atoms with E-state index in [2.05, 4.69) is 6.92 Å². The Kier molecular flexibility index (Phi) is 3.02. The largest absolute Gasteiger partial charge is 0.321 e. The maximum absolute atomic E-state index is 13.6. The van der Waals surface area contributed by atoms with E-state index in [4.69, 9.17) is 5.73 Å². The highest BCUT2D eigenvalue weighted by Gasteiger charge is 2.36. The van der Waals surface area contributed by atoms with Crippen LogP contribution in [0.5, 0.6) is 0 Å². The molecule has 1 aromatic rings. The summed E-state index contributed by atoms with van der Waals surface area (Å²) in [5.41, 5.74) is 7.80. The SMILES string of the molecule is Cc1ccc(C2(N)CCCCC2C)cc1F. The first-order chi connectivity index (χ1) is 7.54. The molecule has 1 aliphatic rings. The zero-order valence-electron chi connectivity index (χ0n) is 10.1. The first-order valence-corrected chi connectivity index (χ1v) is 6.09. The van der Waals surface area contributed by atoms with Gasteiger partial charge in [0.25, 0.3) is 0 Å². The molecule has 2 rings (SSSR count). The van der Waals surface area contributed by atoms with E-state index in [1.54, 1.807) is 13.0 Å². The van der Waals surface area contributed by atoms with Gasteiger partial charge in [0.05, 0.1) is 0 Å². The van der Waals surface area contributed by atoms with Gasteiger partial charge >= 0.3 is 0 Å². The summed E-state index contributed by atoms with van der Waals surface area (Å²) < 4.78 is 13.6. The lowest BCUT2D eigenvalue weighted by Gasteiger charge is -2.40. The standard InChI is InChI=1S/C14H20FN/c1-10-6-7-12(9-13(10)15)14(16)8-4-3-5-11(14)2/h6-7,9,11H,3-5,8,16H2,1-2H3. The van der Waals surface area contributed by atoms with Crippen LogP contribution >= 0.6 is 0 Å². The molecule has 0 spiro atoms. The van der Waals surface area contributed by atoms with Crippen molar-refractivity contribution in [1.29, 1.82) is 0 Å². The third-order valence-electron chi connectivity index (χ3n) is 4.07. The number of rotatable bonds is 1. The van der Waals surface area contributed by atoms with Gasteiger partial charge in [-0.2, -0.15) is 0 Å². The molecule has 1 aliphatic carbocycles. The summed E-state index contributed by atoms with van der Waals surface area (Å²) in [6, 6.07) is 5.44. The van der Waals surface area contributed by atoms with Gasteiger partial charge in [0, 0.05) is 5.54 Å². The van der Waals surface area contributed by atoms with Gasteiger partial charge in [-0.1, -0.05) is 31.9 Å². The van der Waals surface area contributed by atoms with Gasteiger partial charge in [-0.15, -0.1) is 0 Å². The molecule has 2 heteroatoms. The number of hydrogen-bond acceptors (Lipinski definition) is 1. The van der Waals surface area contributed by atoms with Crippen molar-refractivity contribution in [2.75, 3.05) is 0 Å². The monoisotopic (exact) mass is 221 g/mol. The Morgan fingerprint density at radius 3 is 2.75 bits per heavy atom. The molecule has 1 aromatic carbocycles. The van der Waals surface area contributed by atoms with E-state index in [1.165, 1.54) is 6.42 Å². The molecule has 0 aromatic heterocycles. The quantitative estimate of drug-likeness (QED) is 0.771. The van der Waals surface area contributed by atoms with Gasteiger partial charge in [0.1, 0.15) is 5.82 Å². The van der Waals surface area contributed by atoms with Crippen LogP contribution in [0.4, 0.5) is 4.39 Å². The van der Waals surface area contributed by atoms with Crippen molar-refractivity contribution in [3.05, 3.63) is 35.1 Å². The molecule has 0 heterocycles. The maximum atomic E-state index is 13.6. The molecule has 2 atom stereocenters. The minimum absolute atomic E-state index is 0.139. The van der Waals surface area contributed by atoms with E-state index in [1.807, 2.05) is 12.1 Å². The summed E-state index contributed by atoms with van der Waals surface area (Å²) >= 11 is 0. The molecule has 0 radical (unpaired) electrons. The summed E-state index contributed by atoms with van der Waals surface area (Å²) in [7, 11) is 0. The lowest BCUT2D eigenvalue weighted by molar-refractivity contribution is 0.206. The third-order valence-corrected chi connectivity index (χ3v) is 4.07. The Hall–Kier alpha value is -0.890. The highest BCUT2D eigenvalue weighted by Crippen LogP contribution is 2.39. The Morgan fingerprint density at radius 2 is 2.12 bits per heavy atom. The molecule has 1 nitrogen and oxygen atoms in total. The molecule has 0 aliphatic heterocycles. The summed E-state index contributed by atoms with van der Waals surface area (Å²) in [4.78, 5) is 0. The van der Waals surface area contributed by atoms with Crippen LogP contribution in [-0.2, 0) is 5.54 Å². The summed E-state index contributed by atoms with van der Waals surface area (Å²) in [6.07, 6.45) is 4.51. The molecule has 88 valence electrons. The van der Waals surface area contributed by atoms with Crippen LogP contribution in [0.1, 0.15) is 43.7 Å². The molecule has 2 unspecified atom stereocenters. The topological polar surface area (TPSA) is 26.0 Å². The van der Waals surface area contributed by atoms with Gasteiger partial charge in [-0.3, -0.25) is 0 Å². The number of aryl methyl sites for hydroxylation is 1. The lowest BCUT2D eigenvalue weighted by atomic mass is 9.70. The van der Waals surface area contributed by atoms with E-state index < -0.39 is 0 Å². The molecular weight excluding hydrogens is 201 g/mol. The first-order valence-electron chi connectivity index (χ1n) is 6.09. The fraction of sp³-hybridized carbons (Fsp3) is 0.571. The zero-order valence-corrected chi connectivity index (χ0v) is 10.1. The molecule has 16 heavy (non-hydrogen) atoms. The minimum atomic E-state index is -0.327. The predicted molar refractivity (Wildman–Crippen MR) is 64.6 cm³/mol. The Bertz CT molecular complexity index is 388. The number of halogens is 1. The van der Waals surface area contributed by atoms with Crippen LogP contribution in [0, 0.1) is 18.7 Å². The number of hydrogen-bond donors (Lipinski definition) is 1. The van der Waals surface area contributed by atoms with Crippen molar-refractivity contribution in [1.82, 2.24) is 0 Å². The average molecular weight is 221 g/mol. The molecular formula is C14H20FN. The smallest absolute Gasteiger partial charge is 0.126 e. The molecule has 0 saturated heterocycles. The second kappa shape index (κ2) is 4.17. The van der Waals surface area contributed by atoms with Crippen molar-refractivity contribution < 1.29 is 4.39 Å². The van der Waals surface area contributed by atoms with E-state index in [0.717, 1.165) is 24.8 Å². The fourth-order valence-corrected chi connectivity index (χ4v) is 2.68. The zero-order chi connectivity index (χ0) is 11.8. The lowest BCUT2D eigenvalue weighted by Crippen LogP contribution is -2.45. The average Bonchev–Trinajstić information content (AvgIpc) is 2.26. The Balaban J connectivity index is 2.37. The molecule has 1 saturated carbocycles. The molecule has 2 N–H and O–H groups in total. The minimum Gasteiger partial charge on any atom is -0.321 e. The van der Waals surface area contributed by atoms with Crippen molar-refractivity contribution in [2.24, 2.45) is 11.7 Å². The van der Waals surface area contributed by atoms with Gasteiger partial charge in [0.2, 0.25) is 0 Å². The highest BCUT2D eigenvalue weighted by atomic mass is 19.1. The van der Waals surface area contributed by atoms with Crippen molar-refractivity contribution in [2.45, 2.75) is 45.1 Å². The molecule has 0 bridgehead atoms. The second-order valence-corrected chi connectivity index (χ2v) is 5.15. The highest BCUT2D eigenvalue weighted by molar-refractivity contribution is 5.30. The Labute approximate surface area is 96.9 Å². The van der Waals surface area contributed by atoms with Gasteiger partial charge in [-0.25, -0.2) is 4.39 Å². The number of benzene rings is 1. The molecule has 0 amide bonds. The van der Waals surface area contributed by atoms with Crippen LogP contribution in [0.2, 0.25) is 0 Å². The van der Waals surface area contributed by atoms with E-state index in [-0.39, 0.29) is 11.4 Å². The van der Waals surface area contributed by atoms with E-state index in [0.29, 0.717) is 11.5 Å². The first kappa shape index (κ1) is 11.6. The summed E-state index contributed by atoms with van der Waals surface area (Å²) in [6.45, 7) is 3.96. The van der Waals surface area contributed by atoms with Crippen molar-refractivity contribution >= 4 is 0 Å². The van der Waals surface area contributed by atoms with Crippen LogP contribution in [0.25, 0.3) is 0 Å². The van der Waals surface area contributed by atoms with Gasteiger partial charge < -0.3 is 5.73 Å². The van der Waals surface area contributed by atoms with Gasteiger partial charge in [-0.05, 0) is 42.9 Å². The maximum Gasteiger partial charge on any atom is 0.126 e. The Morgan fingerprint density at radius 1 is 1.38 bits per heavy atom. The normalized spacial score (nSPS) is 30.4. The van der Waals surface area contributed by atoms with Crippen molar-refractivity contribution in [3.8, 4) is 0 Å². The second-order valence-electron chi connectivity index (χ2n) is 5.15. The van der Waals surface area contributed by atoms with Crippen LogP contribution in [-0.4, -0.2) is 0 Å². The van der Waals surface area contributed by atoms with E-state index >= 15 is 0 Å². The van der Waals surface area contributed by atoms with Crippen LogP contribution < -0.4 is 5.73 Å².